The number of esters is 2. The average molecular weight is 182 g/mol. The maximum atomic E-state index is 11.1. The van der Waals surface area contributed by atoms with E-state index in [4.69, 9.17) is 0 Å². The summed E-state index contributed by atoms with van der Waals surface area (Å²) in [6, 6.07) is 0. The highest BCUT2D eigenvalue weighted by Gasteiger charge is 2.36. The fraction of sp³-hybridized carbons (Fsp3) is 0.600. The third kappa shape index (κ3) is 2.17. The number of carbonyl (C=O) groups is 2. The van der Waals surface area contributed by atoms with Crippen molar-refractivity contribution in [1.82, 2.24) is 0 Å². The molecule has 0 aromatic rings. The maximum Gasteiger partial charge on any atom is 0.341 e. The molecule has 1 heterocycles. The number of hydrogen-bond donors (Lipinski definition) is 0. The van der Waals surface area contributed by atoms with Crippen LogP contribution in [0.5, 0.6) is 0 Å². The molecule has 0 N–H and O–H groups in total. The summed E-state index contributed by atoms with van der Waals surface area (Å²) in [6.07, 6.45) is 3.81. The molecule has 1 rings (SSSR count). The van der Waals surface area contributed by atoms with E-state index < -0.39 is 11.9 Å². The van der Waals surface area contributed by atoms with Gasteiger partial charge in [0, 0.05) is 5.57 Å². The van der Waals surface area contributed by atoms with E-state index in [0.717, 1.165) is 19.3 Å². The van der Waals surface area contributed by atoms with Gasteiger partial charge in [0.25, 0.3) is 0 Å². The molecule has 13 heavy (non-hydrogen) atoms. The second-order valence-corrected chi connectivity index (χ2v) is 3.28. The summed E-state index contributed by atoms with van der Waals surface area (Å²) < 4.78 is 4.44. The molecule has 0 spiro atoms. The van der Waals surface area contributed by atoms with Crippen LogP contribution in [0.3, 0.4) is 0 Å². The highest BCUT2D eigenvalue weighted by Crippen LogP contribution is 2.26. The Morgan fingerprint density at radius 1 is 1.38 bits per heavy atom. The normalized spacial score (nSPS) is 22.2. The molecule has 72 valence electrons. The Bertz CT molecular complexity index is 243. The molecule has 0 amide bonds. The molecule has 1 aliphatic heterocycles. The van der Waals surface area contributed by atoms with Crippen LogP contribution in [-0.4, -0.2) is 11.9 Å². The quantitative estimate of drug-likeness (QED) is 0.288. The van der Waals surface area contributed by atoms with Crippen molar-refractivity contribution in [1.29, 1.82) is 0 Å². The Balaban J connectivity index is 2.45. The Kier molecular flexibility index (Phi) is 3.23. The molecule has 1 saturated heterocycles. The number of ether oxygens (including phenoxy) is 1. The van der Waals surface area contributed by atoms with Gasteiger partial charge in [-0.3, -0.25) is 4.79 Å². The molecular weight excluding hydrogens is 168 g/mol. The van der Waals surface area contributed by atoms with Crippen LogP contribution in [-0.2, 0) is 14.3 Å². The van der Waals surface area contributed by atoms with E-state index >= 15 is 0 Å². The summed E-state index contributed by atoms with van der Waals surface area (Å²) in [5.41, 5.74) is 0.320. The first-order chi connectivity index (χ1) is 6.16. The van der Waals surface area contributed by atoms with Gasteiger partial charge in [-0.1, -0.05) is 32.8 Å². The second-order valence-electron chi connectivity index (χ2n) is 3.28. The smallest absolute Gasteiger partial charge is 0.341 e. The van der Waals surface area contributed by atoms with Crippen LogP contribution in [0.4, 0.5) is 0 Å². The van der Waals surface area contributed by atoms with Crippen LogP contribution in [0, 0.1) is 5.92 Å². The Morgan fingerprint density at radius 2 is 2.08 bits per heavy atom. The predicted molar refractivity (Wildman–Crippen MR) is 47.9 cm³/mol. The van der Waals surface area contributed by atoms with Gasteiger partial charge in [0.1, 0.15) is 0 Å². The number of cyclic esters (lactones) is 2. The zero-order valence-electron chi connectivity index (χ0n) is 7.84. The summed E-state index contributed by atoms with van der Waals surface area (Å²) in [4.78, 5) is 22.0. The van der Waals surface area contributed by atoms with Crippen molar-refractivity contribution >= 4 is 11.9 Å². The van der Waals surface area contributed by atoms with Gasteiger partial charge in [-0.25, -0.2) is 4.79 Å². The van der Waals surface area contributed by atoms with Crippen molar-refractivity contribution in [2.24, 2.45) is 5.92 Å². The minimum absolute atomic E-state index is 0.320. The zero-order valence-corrected chi connectivity index (χ0v) is 7.84. The number of carbonyl (C=O) groups excluding carboxylic acids is 2. The van der Waals surface area contributed by atoms with Crippen LogP contribution in [0.25, 0.3) is 0 Å². The predicted octanol–water partition coefficient (Wildman–Crippen LogP) is 1.82. The van der Waals surface area contributed by atoms with Crippen LogP contribution in [0.15, 0.2) is 12.2 Å². The molecule has 0 aliphatic carbocycles. The van der Waals surface area contributed by atoms with Gasteiger partial charge >= 0.3 is 11.9 Å². The standard InChI is InChI=1S/C10H14O3/c1-3-4-5-6-8-7(2)9(11)13-10(8)12/h8H,2-6H2,1H3. The van der Waals surface area contributed by atoms with Crippen LogP contribution in [0.1, 0.15) is 32.6 Å². The zero-order chi connectivity index (χ0) is 9.84. The van der Waals surface area contributed by atoms with Crippen LogP contribution < -0.4 is 0 Å². The van der Waals surface area contributed by atoms with Gasteiger partial charge < -0.3 is 4.74 Å². The summed E-state index contributed by atoms with van der Waals surface area (Å²) in [5.74, 6) is -1.35. The Labute approximate surface area is 77.8 Å². The van der Waals surface area contributed by atoms with Gasteiger partial charge in [-0.2, -0.15) is 0 Å². The molecular formula is C10H14O3. The summed E-state index contributed by atoms with van der Waals surface area (Å²) in [5, 5.41) is 0. The SMILES string of the molecule is C=C1C(=O)OC(=O)C1CCCCC. The number of hydrogen-bond acceptors (Lipinski definition) is 3. The van der Waals surface area contributed by atoms with Crippen molar-refractivity contribution in [3.05, 3.63) is 12.2 Å². The molecule has 1 atom stereocenters. The lowest BCUT2D eigenvalue weighted by Crippen LogP contribution is -2.08. The molecule has 1 aliphatic rings. The Hall–Kier alpha value is -1.12. The minimum atomic E-state index is -0.550. The number of rotatable bonds is 4. The average Bonchev–Trinajstić information content (AvgIpc) is 2.32. The van der Waals surface area contributed by atoms with E-state index in [0.29, 0.717) is 12.0 Å². The van der Waals surface area contributed by atoms with Gasteiger partial charge in [0.15, 0.2) is 0 Å². The van der Waals surface area contributed by atoms with Crippen LogP contribution >= 0.6 is 0 Å². The van der Waals surface area contributed by atoms with Gasteiger partial charge in [0.2, 0.25) is 0 Å². The van der Waals surface area contributed by atoms with Crippen LogP contribution in [0.2, 0.25) is 0 Å². The molecule has 1 fully saturated rings. The summed E-state index contributed by atoms with van der Waals surface area (Å²) >= 11 is 0. The lowest BCUT2D eigenvalue weighted by atomic mass is 9.96. The van der Waals surface area contributed by atoms with Crippen molar-refractivity contribution in [2.75, 3.05) is 0 Å². The van der Waals surface area contributed by atoms with E-state index in [1.54, 1.807) is 0 Å². The first-order valence-electron chi connectivity index (χ1n) is 4.61. The fourth-order valence-electron chi connectivity index (χ4n) is 1.40. The molecule has 0 aromatic heterocycles. The maximum absolute atomic E-state index is 11.1. The minimum Gasteiger partial charge on any atom is -0.389 e. The van der Waals surface area contributed by atoms with E-state index in [-0.39, 0.29) is 5.92 Å². The topological polar surface area (TPSA) is 43.4 Å². The highest BCUT2D eigenvalue weighted by atomic mass is 16.6. The first kappa shape index (κ1) is 9.96. The first-order valence-corrected chi connectivity index (χ1v) is 4.61. The summed E-state index contributed by atoms with van der Waals surface area (Å²) in [6.45, 7) is 5.64. The van der Waals surface area contributed by atoms with Crippen molar-refractivity contribution < 1.29 is 14.3 Å². The van der Waals surface area contributed by atoms with E-state index in [2.05, 4.69) is 18.2 Å². The number of unbranched alkanes of at least 4 members (excludes halogenated alkanes) is 2. The highest BCUT2D eigenvalue weighted by molar-refractivity contribution is 6.06. The van der Waals surface area contributed by atoms with Crippen molar-refractivity contribution in [3.63, 3.8) is 0 Å². The lowest BCUT2D eigenvalue weighted by molar-refractivity contribution is -0.152. The lowest BCUT2D eigenvalue weighted by Gasteiger charge is -2.03. The molecule has 3 heteroatoms. The molecule has 1 unspecified atom stereocenters. The van der Waals surface area contributed by atoms with Gasteiger partial charge in [0.05, 0.1) is 5.92 Å². The van der Waals surface area contributed by atoms with Gasteiger partial charge in [-0.05, 0) is 6.42 Å². The molecule has 0 radical (unpaired) electrons. The monoisotopic (exact) mass is 182 g/mol. The van der Waals surface area contributed by atoms with Gasteiger partial charge in [-0.15, -0.1) is 0 Å². The molecule has 0 aromatic carbocycles. The molecule has 3 nitrogen and oxygen atoms in total. The third-order valence-electron chi connectivity index (χ3n) is 2.26. The van der Waals surface area contributed by atoms with Crippen molar-refractivity contribution in [2.45, 2.75) is 32.6 Å². The van der Waals surface area contributed by atoms with E-state index in [1.807, 2.05) is 0 Å². The molecule has 0 saturated carbocycles. The second kappa shape index (κ2) is 4.21. The molecule has 0 bridgehead atoms. The Morgan fingerprint density at radius 3 is 2.54 bits per heavy atom. The fourth-order valence-corrected chi connectivity index (χ4v) is 1.40. The largest absolute Gasteiger partial charge is 0.389 e. The van der Waals surface area contributed by atoms with E-state index in [1.165, 1.54) is 0 Å². The van der Waals surface area contributed by atoms with Crippen molar-refractivity contribution in [3.8, 4) is 0 Å². The third-order valence-corrected chi connectivity index (χ3v) is 2.26. The summed E-state index contributed by atoms with van der Waals surface area (Å²) in [7, 11) is 0. The van der Waals surface area contributed by atoms with E-state index in [9.17, 15) is 9.59 Å².